The fraction of sp³-hybridized carbons (Fsp3) is 1.00. The van der Waals surface area contributed by atoms with Crippen molar-refractivity contribution in [1.82, 2.24) is 0 Å². The lowest BCUT2D eigenvalue weighted by Gasteiger charge is -2.59. The van der Waals surface area contributed by atoms with Gasteiger partial charge in [-0.25, -0.2) is 0 Å². The van der Waals surface area contributed by atoms with Gasteiger partial charge in [-0.1, -0.05) is 0 Å². The highest BCUT2D eigenvalue weighted by Gasteiger charge is 2.78. The van der Waals surface area contributed by atoms with E-state index >= 15 is 0 Å². The molecule has 12 aliphatic rings. The monoisotopic (exact) mass is 1350 g/mol. The number of fused-ring (bicyclic) bond motifs is 4. The Bertz CT molecular complexity index is 1920. The van der Waals surface area contributed by atoms with E-state index in [2.05, 4.69) is 0 Å². The van der Waals surface area contributed by atoms with Crippen LogP contribution in [0, 0.1) is 0 Å². The summed E-state index contributed by atoms with van der Waals surface area (Å²) in [5.74, 6) is 0. The first-order chi connectivity index (χ1) is 41.7. The van der Waals surface area contributed by atoms with Crippen LogP contribution in [0.1, 0.15) is 51.4 Å². The van der Waals surface area contributed by atoms with E-state index < -0.39 is 61.6 Å². The number of epoxide rings is 8. The molecule has 36 heteroatoms. The highest BCUT2D eigenvalue weighted by Crippen LogP contribution is 2.51. The molecule has 12 rings (SSSR count). The molecule has 486 valence electrons. The minimum absolute atomic E-state index is 0.0599. The van der Waals surface area contributed by atoms with Gasteiger partial charge in [-0.2, -0.15) is 0 Å². The van der Waals surface area contributed by atoms with Gasteiger partial charge >= 0.3 is 61.6 Å². The van der Waals surface area contributed by atoms with E-state index in [1.807, 2.05) is 0 Å². The minimum atomic E-state index is -4.41. The molecule has 0 spiro atoms. The highest BCUT2D eigenvalue weighted by atomic mass is 28.6. The predicted molar refractivity (Wildman–Crippen MR) is 304 cm³/mol. The van der Waals surface area contributed by atoms with Gasteiger partial charge in [0.15, 0.2) is 0 Å². The average molecular weight is 1350 g/mol. The smallest absolute Gasteiger partial charge is 0.416 e. The zero-order chi connectivity index (χ0) is 57.6. The van der Waals surface area contributed by atoms with Gasteiger partial charge in [-0.05, 0) is 57.4 Å². The van der Waals surface area contributed by atoms with Gasteiger partial charge in [-0.3, -0.25) is 0 Å². The molecule has 2 radical (unpaired) electrons. The van der Waals surface area contributed by atoms with E-state index in [1.165, 1.54) is 0 Å². The van der Waals surface area contributed by atoms with Crippen LogP contribution >= 0.6 is 0 Å². The van der Waals surface area contributed by atoms with Crippen LogP contribution < -0.4 is 0 Å². The van der Waals surface area contributed by atoms with Crippen molar-refractivity contribution < 1.29 is 126 Å². The van der Waals surface area contributed by atoms with E-state index in [1.54, 1.807) is 0 Å². The third-order valence-electron chi connectivity index (χ3n) is 15.2. The first kappa shape index (κ1) is 65.7. The molecule has 0 N–H and O–H groups in total. The van der Waals surface area contributed by atoms with Crippen molar-refractivity contribution in [3.63, 3.8) is 0 Å². The van der Waals surface area contributed by atoms with Crippen molar-refractivity contribution in [2.24, 2.45) is 0 Å². The molecule has 0 aliphatic carbocycles. The summed E-state index contributed by atoms with van der Waals surface area (Å²) in [5, 5.41) is 0. The van der Waals surface area contributed by atoms with Gasteiger partial charge in [0.05, 0.1) is 106 Å². The quantitative estimate of drug-likeness (QED) is 0.0479. The Hall–Kier alpha value is 0.615. The van der Waals surface area contributed by atoms with E-state index in [4.69, 9.17) is 126 Å². The van der Waals surface area contributed by atoms with Crippen molar-refractivity contribution >= 4 is 71.4 Å². The summed E-state index contributed by atoms with van der Waals surface area (Å²) in [6.07, 6.45) is 4.62. The lowest BCUT2D eigenvalue weighted by atomic mass is 10.5. The second-order valence-electron chi connectivity index (χ2n) is 23.4. The van der Waals surface area contributed by atoms with Crippen LogP contribution in [0.3, 0.4) is 0 Å². The molecule has 12 fully saturated rings. The predicted octanol–water partition coefficient (Wildman–Crippen LogP) is 2.25. The molecular weight excluding hydrogens is 1260 g/mol. The van der Waals surface area contributed by atoms with Gasteiger partial charge in [-0.15, -0.1) is 0 Å². The summed E-state index contributed by atoms with van der Waals surface area (Å²) in [4.78, 5) is 0. The van der Waals surface area contributed by atoms with E-state index in [0.717, 1.165) is 13.0 Å². The Morgan fingerprint density at radius 2 is 0.494 bits per heavy atom. The third-order valence-corrected chi connectivity index (χ3v) is 47.9. The maximum atomic E-state index is 8.09. The highest BCUT2D eigenvalue weighted by molar-refractivity contribution is 6.99. The maximum absolute atomic E-state index is 8.09. The molecule has 0 aromatic carbocycles. The Balaban J connectivity index is 0.946. The van der Waals surface area contributed by atoms with Gasteiger partial charge < -0.3 is 126 Å². The fourth-order valence-corrected chi connectivity index (χ4v) is 51.6. The van der Waals surface area contributed by atoms with Crippen molar-refractivity contribution in [3.8, 4) is 0 Å². The molecule has 28 nitrogen and oxygen atoms in total. The molecule has 85 heavy (non-hydrogen) atoms. The van der Waals surface area contributed by atoms with Gasteiger partial charge in [0.1, 0.15) is 55.6 Å². The van der Waals surface area contributed by atoms with Gasteiger partial charge in [0.2, 0.25) is 9.76 Å². The Morgan fingerprint density at radius 1 is 0.271 bits per heavy atom. The third kappa shape index (κ3) is 22.4. The zero-order valence-electron chi connectivity index (χ0n) is 49.0. The number of hydrogen-bond donors (Lipinski definition) is 0. The normalized spacial score (nSPS) is 39.8. The van der Waals surface area contributed by atoms with Crippen molar-refractivity contribution in [3.05, 3.63) is 0 Å². The van der Waals surface area contributed by atoms with E-state index in [0.29, 0.717) is 203 Å². The van der Waals surface area contributed by atoms with E-state index in [9.17, 15) is 0 Å². The fourth-order valence-electron chi connectivity index (χ4n) is 10.1. The second kappa shape index (κ2) is 31.7. The number of ether oxygens (including phenoxy) is 16. The van der Waals surface area contributed by atoms with Crippen LogP contribution in [0.4, 0.5) is 0 Å². The number of rotatable bonds is 50. The Labute approximate surface area is 508 Å². The summed E-state index contributed by atoms with van der Waals surface area (Å²) in [6.45, 7) is 11.9. The zero-order valence-corrected chi connectivity index (χ0v) is 57.0. The van der Waals surface area contributed by atoms with Crippen LogP contribution in [-0.2, 0) is 126 Å². The van der Waals surface area contributed by atoms with Crippen molar-refractivity contribution in [1.29, 1.82) is 0 Å². The molecule has 6 bridgehead atoms. The van der Waals surface area contributed by atoms with Gasteiger partial charge in [0, 0.05) is 95.2 Å². The molecule has 12 saturated heterocycles. The first-order valence-electron chi connectivity index (χ1n) is 31.2. The lowest BCUT2D eigenvalue weighted by molar-refractivity contribution is -0.0588. The standard InChI is InChI=1S/C49H90O28Si8/c1(9-50-25-42-33-58-42)17-78-68-81(20-4-12-53-28-45-36-61-45)73-83(22-6-14-55-30-47-38-63-47)71-79(18-2-10-51-26-43-34-59-43)66-41-67-80(19-3-11-52-27-44-35-60-44)70-82(69-79,21-5-13-54-29-46-37-62-46)75-85(76-83,24-8-16-57-32-49-40-65-49)77-84(72-80,74-81)23-7-15-56-31-48-39-64-48/h42-49H,1-41H2. The van der Waals surface area contributed by atoms with E-state index in [-0.39, 0.29) is 108 Å². The van der Waals surface area contributed by atoms with Gasteiger partial charge in [0.25, 0.3) is 0 Å². The minimum Gasteiger partial charge on any atom is -0.416 e. The molecular formula is C49H90O28Si8. The maximum Gasteiger partial charge on any atom is 0.488 e. The molecule has 12 aliphatic heterocycles. The lowest BCUT2D eigenvalue weighted by Crippen LogP contribution is -2.83. The summed E-state index contributed by atoms with van der Waals surface area (Å²) < 4.78 is 188. The van der Waals surface area contributed by atoms with Crippen molar-refractivity contribution in [2.45, 2.75) is 149 Å². The van der Waals surface area contributed by atoms with Crippen LogP contribution in [0.5, 0.6) is 0 Å². The first-order valence-corrected chi connectivity index (χ1v) is 45.9. The molecule has 0 amide bonds. The van der Waals surface area contributed by atoms with Crippen LogP contribution in [0.2, 0.25) is 48.4 Å². The summed E-state index contributed by atoms with van der Waals surface area (Å²) in [6, 6.07) is 2.42. The Kier molecular flexibility index (Phi) is 24.5. The largest absolute Gasteiger partial charge is 0.488 e. The topological polar surface area (TPSA) is 285 Å². The van der Waals surface area contributed by atoms with Crippen LogP contribution in [-0.4, -0.2) is 286 Å². The van der Waals surface area contributed by atoms with Crippen LogP contribution in [0.25, 0.3) is 0 Å². The number of hydrogen-bond acceptors (Lipinski definition) is 28. The van der Waals surface area contributed by atoms with Crippen LogP contribution in [0.15, 0.2) is 0 Å². The van der Waals surface area contributed by atoms with Crippen molar-refractivity contribution in [2.75, 3.05) is 165 Å². The molecule has 0 aromatic rings. The SMILES string of the molecule is C(COCC1CO1)C[Si]O[Si]1(CCCOCC2CO2)O[Si]2(CCCOCC3CO3)O[Si]3(CCCOCC4CO4)OCO[Si]4(CCCOCC5CO5)O[Si](CCCOCC5CO5)(O3)O[Si](CCCOCC3CO3)(O2)O[Si](CCCOCC2CO2)(O4)O1. The average Bonchev–Trinajstić information content (AvgIpc) is 1.79. The summed E-state index contributed by atoms with van der Waals surface area (Å²) >= 11 is 0. The Morgan fingerprint density at radius 3 is 0.765 bits per heavy atom. The molecule has 12 heterocycles. The molecule has 12 atom stereocenters. The second-order valence-corrected chi connectivity index (χ2v) is 46.0. The molecule has 0 saturated carbocycles. The summed E-state index contributed by atoms with van der Waals surface area (Å²) in [7, 11) is -30.3. The molecule has 12 unspecified atom stereocenters. The summed E-state index contributed by atoms with van der Waals surface area (Å²) in [5.41, 5.74) is 0. The molecule has 0 aromatic heterocycles.